The first-order valence-electron chi connectivity index (χ1n) is 8.62. The monoisotopic (exact) mass is 300 g/mol. The minimum atomic E-state index is 0.300. The first-order chi connectivity index (χ1) is 10.8. The molecule has 2 saturated carbocycles. The van der Waals surface area contributed by atoms with Crippen LogP contribution in [0.25, 0.3) is 0 Å². The van der Waals surface area contributed by atoms with E-state index in [2.05, 4.69) is 20.2 Å². The molecule has 1 aromatic rings. The second kappa shape index (κ2) is 5.86. The van der Waals surface area contributed by atoms with E-state index >= 15 is 0 Å². The number of nitrogens with one attached hydrogen (secondary N) is 1. The van der Waals surface area contributed by atoms with Crippen LogP contribution in [0.5, 0.6) is 0 Å². The number of amides is 1. The van der Waals surface area contributed by atoms with Crippen molar-refractivity contribution < 1.29 is 4.79 Å². The number of nitrogens with zero attached hydrogens (tertiary/aromatic N) is 3. The molecule has 2 heterocycles. The topological polar surface area (TPSA) is 58.1 Å². The minimum absolute atomic E-state index is 0.300. The number of hydrogen-bond acceptors (Lipinski definition) is 4. The molecule has 2 bridgehead atoms. The van der Waals surface area contributed by atoms with Crippen molar-refractivity contribution in [2.45, 2.75) is 44.6 Å². The number of rotatable bonds is 3. The fraction of sp³-hybridized carbons (Fsp3) is 0.706. The van der Waals surface area contributed by atoms with E-state index in [-0.39, 0.29) is 0 Å². The summed E-state index contributed by atoms with van der Waals surface area (Å²) in [6.07, 6.45) is 10.6. The first kappa shape index (κ1) is 14.0. The summed E-state index contributed by atoms with van der Waals surface area (Å²) in [5, 5.41) is 3.31. The molecule has 22 heavy (non-hydrogen) atoms. The third-order valence-electron chi connectivity index (χ3n) is 5.75. The second-order valence-electron chi connectivity index (χ2n) is 7.10. The fourth-order valence-electron chi connectivity index (χ4n) is 4.55. The van der Waals surface area contributed by atoms with Gasteiger partial charge in [-0.25, -0.2) is 9.97 Å². The summed E-state index contributed by atoms with van der Waals surface area (Å²) in [4.78, 5) is 23.3. The number of hydrogen-bond donors (Lipinski definition) is 1. The van der Waals surface area contributed by atoms with Gasteiger partial charge in [0.15, 0.2) is 0 Å². The Kier molecular flexibility index (Phi) is 3.72. The number of aromatic nitrogens is 2. The molecule has 0 unspecified atom stereocenters. The first-order valence-corrected chi connectivity index (χ1v) is 8.62. The molecular weight excluding hydrogens is 276 g/mol. The number of anilines is 1. The van der Waals surface area contributed by atoms with E-state index in [0.29, 0.717) is 23.8 Å². The van der Waals surface area contributed by atoms with Gasteiger partial charge in [-0.1, -0.05) is 6.42 Å². The van der Waals surface area contributed by atoms with E-state index in [1.807, 2.05) is 6.07 Å². The van der Waals surface area contributed by atoms with Gasteiger partial charge in [-0.15, -0.1) is 0 Å². The van der Waals surface area contributed by atoms with Gasteiger partial charge in [0.2, 0.25) is 11.9 Å². The zero-order chi connectivity index (χ0) is 14.9. The average Bonchev–Trinajstić information content (AvgIpc) is 3.19. The SMILES string of the molecule is O=C(NC1CCN(c2ncccn2)CC1)[C@@H]1C[C@H]2CC[C@H]1C2. The zero-order valence-corrected chi connectivity index (χ0v) is 12.9. The van der Waals surface area contributed by atoms with Crippen molar-refractivity contribution in [3.63, 3.8) is 0 Å². The normalized spacial score (nSPS) is 31.5. The Hall–Kier alpha value is -1.65. The molecule has 5 nitrogen and oxygen atoms in total. The van der Waals surface area contributed by atoms with Crippen molar-refractivity contribution in [3.05, 3.63) is 18.5 Å². The van der Waals surface area contributed by atoms with E-state index in [1.165, 1.54) is 19.3 Å². The second-order valence-corrected chi connectivity index (χ2v) is 7.10. The Morgan fingerprint density at radius 1 is 1.09 bits per heavy atom. The Morgan fingerprint density at radius 3 is 2.50 bits per heavy atom. The summed E-state index contributed by atoms with van der Waals surface area (Å²) < 4.78 is 0. The van der Waals surface area contributed by atoms with Crippen LogP contribution in [0.15, 0.2) is 18.5 Å². The molecule has 1 N–H and O–H groups in total. The minimum Gasteiger partial charge on any atom is -0.353 e. The van der Waals surface area contributed by atoms with Gasteiger partial charge in [-0.2, -0.15) is 0 Å². The van der Waals surface area contributed by atoms with Gasteiger partial charge in [0, 0.05) is 37.4 Å². The van der Waals surface area contributed by atoms with E-state index < -0.39 is 0 Å². The Bertz CT molecular complexity index is 527. The van der Waals surface area contributed by atoms with Crippen molar-refractivity contribution in [2.75, 3.05) is 18.0 Å². The molecule has 4 rings (SSSR count). The molecule has 1 amide bonds. The molecule has 0 aromatic carbocycles. The molecule has 3 atom stereocenters. The third kappa shape index (κ3) is 2.69. The fourth-order valence-corrected chi connectivity index (χ4v) is 4.55. The highest BCUT2D eigenvalue weighted by molar-refractivity contribution is 5.79. The smallest absolute Gasteiger partial charge is 0.225 e. The molecule has 1 aliphatic heterocycles. The zero-order valence-electron chi connectivity index (χ0n) is 12.9. The highest BCUT2D eigenvalue weighted by Crippen LogP contribution is 2.48. The van der Waals surface area contributed by atoms with Crippen LogP contribution in [-0.2, 0) is 4.79 Å². The van der Waals surface area contributed by atoms with Crippen LogP contribution >= 0.6 is 0 Å². The standard InChI is InChI=1S/C17H24N4O/c22-16(15-11-12-2-3-13(15)10-12)20-14-4-8-21(9-5-14)17-18-6-1-7-19-17/h1,6-7,12-15H,2-5,8-11H2,(H,20,22)/t12-,13-,15+/m0/s1. The van der Waals surface area contributed by atoms with Gasteiger partial charge in [0.25, 0.3) is 0 Å². The highest BCUT2D eigenvalue weighted by atomic mass is 16.2. The van der Waals surface area contributed by atoms with Crippen molar-refractivity contribution >= 4 is 11.9 Å². The Morgan fingerprint density at radius 2 is 1.86 bits per heavy atom. The van der Waals surface area contributed by atoms with Crippen LogP contribution in [0, 0.1) is 17.8 Å². The molecular formula is C17H24N4O. The predicted octanol–water partition coefficient (Wildman–Crippen LogP) is 2.00. The van der Waals surface area contributed by atoms with E-state index in [0.717, 1.165) is 44.2 Å². The maximum absolute atomic E-state index is 12.5. The molecule has 0 spiro atoms. The summed E-state index contributed by atoms with van der Waals surface area (Å²) in [6, 6.07) is 2.16. The number of carbonyl (C=O) groups excluding carboxylic acids is 1. The van der Waals surface area contributed by atoms with Gasteiger partial charge >= 0.3 is 0 Å². The van der Waals surface area contributed by atoms with Crippen molar-refractivity contribution in [2.24, 2.45) is 17.8 Å². The lowest BCUT2D eigenvalue weighted by Crippen LogP contribution is -2.47. The molecule has 3 aliphatic rings. The molecule has 118 valence electrons. The summed E-state index contributed by atoms with van der Waals surface area (Å²) in [6.45, 7) is 1.84. The van der Waals surface area contributed by atoms with Crippen molar-refractivity contribution in [1.29, 1.82) is 0 Å². The van der Waals surface area contributed by atoms with Crippen molar-refractivity contribution in [1.82, 2.24) is 15.3 Å². The van der Waals surface area contributed by atoms with E-state index in [1.54, 1.807) is 12.4 Å². The molecule has 0 radical (unpaired) electrons. The summed E-state index contributed by atoms with van der Waals surface area (Å²) in [7, 11) is 0. The predicted molar refractivity (Wildman–Crippen MR) is 84.3 cm³/mol. The lowest BCUT2D eigenvalue weighted by molar-refractivity contribution is -0.127. The third-order valence-corrected chi connectivity index (χ3v) is 5.75. The quantitative estimate of drug-likeness (QED) is 0.927. The Labute approximate surface area is 131 Å². The average molecular weight is 300 g/mol. The molecule has 2 aliphatic carbocycles. The molecule has 1 saturated heterocycles. The highest BCUT2D eigenvalue weighted by Gasteiger charge is 2.43. The molecule has 5 heteroatoms. The van der Waals surface area contributed by atoms with Gasteiger partial charge in [-0.3, -0.25) is 4.79 Å². The van der Waals surface area contributed by atoms with Crippen LogP contribution in [0.1, 0.15) is 38.5 Å². The summed E-state index contributed by atoms with van der Waals surface area (Å²) in [5.41, 5.74) is 0. The van der Waals surface area contributed by atoms with Gasteiger partial charge in [0.05, 0.1) is 0 Å². The van der Waals surface area contributed by atoms with Crippen LogP contribution in [0.4, 0.5) is 5.95 Å². The van der Waals surface area contributed by atoms with Crippen LogP contribution in [0.2, 0.25) is 0 Å². The van der Waals surface area contributed by atoms with Crippen LogP contribution < -0.4 is 10.2 Å². The molecule has 3 fully saturated rings. The van der Waals surface area contributed by atoms with Crippen LogP contribution in [-0.4, -0.2) is 35.0 Å². The number of carbonyl (C=O) groups is 1. The number of fused-ring (bicyclic) bond motifs is 2. The van der Waals surface area contributed by atoms with E-state index in [9.17, 15) is 4.79 Å². The van der Waals surface area contributed by atoms with Gasteiger partial charge in [-0.05, 0) is 50.0 Å². The number of piperidine rings is 1. The lowest BCUT2D eigenvalue weighted by Gasteiger charge is -2.33. The van der Waals surface area contributed by atoms with Gasteiger partial charge in [0.1, 0.15) is 0 Å². The molecule has 1 aromatic heterocycles. The largest absolute Gasteiger partial charge is 0.353 e. The maximum atomic E-state index is 12.5. The van der Waals surface area contributed by atoms with Crippen LogP contribution in [0.3, 0.4) is 0 Å². The summed E-state index contributed by atoms with van der Waals surface area (Å²) in [5.74, 6) is 2.93. The Balaban J connectivity index is 1.28. The summed E-state index contributed by atoms with van der Waals surface area (Å²) >= 11 is 0. The lowest BCUT2D eigenvalue weighted by atomic mass is 9.87. The van der Waals surface area contributed by atoms with E-state index in [4.69, 9.17) is 0 Å². The van der Waals surface area contributed by atoms with Gasteiger partial charge < -0.3 is 10.2 Å². The maximum Gasteiger partial charge on any atom is 0.225 e. The van der Waals surface area contributed by atoms with Crippen molar-refractivity contribution in [3.8, 4) is 0 Å².